The second kappa shape index (κ2) is 3.01. The van der Waals surface area contributed by atoms with Gasteiger partial charge in [0.15, 0.2) is 4.77 Å². The number of hydrogen-bond acceptors (Lipinski definition) is 3. The molecule has 78 valence electrons. The third kappa shape index (κ3) is 1.41. The molecule has 1 aliphatic carbocycles. The molecule has 1 fully saturated rings. The van der Waals surface area contributed by atoms with Crippen molar-refractivity contribution in [3.05, 3.63) is 4.77 Å². The summed E-state index contributed by atoms with van der Waals surface area (Å²) in [6.45, 7) is 0.159. The number of nitrogen functional groups attached to an aromatic ring is 1. The second-order valence-electron chi connectivity index (χ2n) is 3.64. The molecule has 0 atom stereocenters. The van der Waals surface area contributed by atoms with E-state index in [9.17, 15) is 8.78 Å². The fourth-order valence-corrected chi connectivity index (χ4v) is 1.61. The lowest BCUT2D eigenvalue weighted by atomic mass is 10.1. The van der Waals surface area contributed by atoms with Gasteiger partial charge in [-0.15, -0.1) is 5.10 Å². The van der Waals surface area contributed by atoms with Crippen LogP contribution in [0.5, 0.6) is 0 Å². The van der Waals surface area contributed by atoms with Gasteiger partial charge in [0, 0.05) is 12.0 Å². The van der Waals surface area contributed by atoms with Gasteiger partial charge in [-0.2, -0.15) is 0 Å². The average Bonchev–Trinajstić information content (AvgIpc) is 2.84. The van der Waals surface area contributed by atoms with Gasteiger partial charge in [0.25, 0.3) is 0 Å². The number of nitrogens with one attached hydrogen (secondary N) is 1. The van der Waals surface area contributed by atoms with E-state index in [2.05, 4.69) is 10.2 Å². The van der Waals surface area contributed by atoms with Crippen molar-refractivity contribution < 1.29 is 8.78 Å². The molecule has 2 rings (SSSR count). The van der Waals surface area contributed by atoms with Gasteiger partial charge in [0.2, 0.25) is 12.4 Å². The van der Waals surface area contributed by atoms with Crippen LogP contribution >= 0.6 is 12.2 Å². The SMILES string of the molecule is Nc1n[nH]c(=S)n1CC1(C(F)F)CC1. The summed E-state index contributed by atoms with van der Waals surface area (Å²) < 4.78 is 26.9. The summed E-state index contributed by atoms with van der Waals surface area (Å²) in [5, 5.41) is 6.14. The van der Waals surface area contributed by atoms with Crippen molar-refractivity contribution in [1.29, 1.82) is 0 Å². The van der Waals surface area contributed by atoms with E-state index in [-0.39, 0.29) is 12.5 Å². The largest absolute Gasteiger partial charge is 0.368 e. The molecule has 14 heavy (non-hydrogen) atoms. The van der Waals surface area contributed by atoms with Crippen molar-refractivity contribution in [2.75, 3.05) is 5.73 Å². The van der Waals surface area contributed by atoms with Gasteiger partial charge in [-0.1, -0.05) is 0 Å². The Balaban J connectivity index is 2.23. The van der Waals surface area contributed by atoms with Crippen molar-refractivity contribution in [3.63, 3.8) is 0 Å². The van der Waals surface area contributed by atoms with Crippen molar-refractivity contribution in [2.45, 2.75) is 25.8 Å². The van der Waals surface area contributed by atoms with Gasteiger partial charge >= 0.3 is 0 Å². The van der Waals surface area contributed by atoms with Gasteiger partial charge in [-0.25, -0.2) is 13.9 Å². The highest BCUT2D eigenvalue weighted by Gasteiger charge is 2.51. The molecule has 4 nitrogen and oxygen atoms in total. The first-order valence-corrected chi connectivity index (χ1v) is 4.65. The summed E-state index contributed by atoms with van der Waals surface area (Å²) in [4.78, 5) is 0. The number of nitrogens with two attached hydrogens (primary N) is 1. The Bertz CT molecular complexity index is 393. The first-order valence-electron chi connectivity index (χ1n) is 4.24. The Labute approximate surface area is 84.1 Å². The molecule has 0 saturated heterocycles. The molecule has 3 N–H and O–H groups in total. The number of halogens is 2. The predicted molar refractivity (Wildman–Crippen MR) is 49.5 cm³/mol. The molecule has 0 spiro atoms. The van der Waals surface area contributed by atoms with E-state index >= 15 is 0 Å². The maximum absolute atomic E-state index is 12.6. The standard InChI is InChI=1S/C7H10F2N4S/c8-4(9)7(1-2-7)3-13-5(10)11-12-6(13)14/h4H,1-3H2,(H2,10,11)(H,12,14). The minimum Gasteiger partial charge on any atom is -0.368 e. The molecule has 0 aliphatic heterocycles. The third-order valence-electron chi connectivity index (χ3n) is 2.62. The predicted octanol–water partition coefficient (Wildman–Crippen LogP) is 1.57. The summed E-state index contributed by atoms with van der Waals surface area (Å²) in [6, 6.07) is 0. The quantitative estimate of drug-likeness (QED) is 0.760. The van der Waals surface area contributed by atoms with E-state index in [4.69, 9.17) is 18.0 Å². The highest BCUT2D eigenvalue weighted by molar-refractivity contribution is 7.71. The minimum atomic E-state index is -2.32. The van der Waals surface area contributed by atoms with Crippen LogP contribution in [-0.4, -0.2) is 21.2 Å². The zero-order valence-corrected chi connectivity index (χ0v) is 8.15. The van der Waals surface area contributed by atoms with Gasteiger partial charge in [-0.3, -0.25) is 4.57 Å². The van der Waals surface area contributed by atoms with E-state index in [1.54, 1.807) is 0 Å². The second-order valence-corrected chi connectivity index (χ2v) is 4.02. The number of alkyl halides is 2. The fraction of sp³-hybridized carbons (Fsp3) is 0.714. The molecular formula is C7H10F2N4S. The van der Waals surface area contributed by atoms with Crippen LogP contribution < -0.4 is 5.73 Å². The first kappa shape index (κ1) is 9.57. The highest BCUT2D eigenvalue weighted by atomic mass is 32.1. The number of rotatable bonds is 3. The lowest BCUT2D eigenvalue weighted by Crippen LogP contribution is -2.21. The monoisotopic (exact) mass is 220 g/mol. The van der Waals surface area contributed by atoms with E-state index in [0.29, 0.717) is 17.6 Å². The van der Waals surface area contributed by atoms with Gasteiger partial charge < -0.3 is 5.73 Å². The number of nitrogens with zero attached hydrogens (tertiary/aromatic N) is 2. The first-order chi connectivity index (χ1) is 6.55. The Morgan fingerprint density at radius 1 is 1.64 bits per heavy atom. The lowest BCUT2D eigenvalue weighted by Gasteiger charge is -2.14. The molecule has 1 heterocycles. The molecule has 0 radical (unpaired) electrons. The van der Waals surface area contributed by atoms with E-state index in [1.807, 2.05) is 0 Å². The Morgan fingerprint density at radius 2 is 2.29 bits per heavy atom. The van der Waals surface area contributed by atoms with Crippen LogP contribution in [0.2, 0.25) is 0 Å². The van der Waals surface area contributed by atoms with Crippen LogP contribution in [0.4, 0.5) is 14.7 Å². The minimum absolute atomic E-state index is 0.159. The summed E-state index contributed by atoms with van der Waals surface area (Å²) >= 11 is 4.88. The summed E-state index contributed by atoms with van der Waals surface area (Å²) in [7, 11) is 0. The molecule has 0 amide bonds. The zero-order valence-electron chi connectivity index (χ0n) is 7.33. The summed E-state index contributed by atoms with van der Waals surface area (Å²) in [6.07, 6.45) is -1.27. The molecule has 1 aromatic heterocycles. The van der Waals surface area contributed by atoms with E-state index in [0.717, 1.165) is 0 Å². The third-order valence-corrected chi connectivity index (χ3v) is 2.93. The Kier molecular flexibility index (Phi) is 2.06. The van der Waals surface area contributed by atoms with Gasteiger partial charge in [0.05, 0.1) is 0 Å². The van der Waals surface area contributed by atoms with Crippen molar-refractivity contribution >= 4 is 18.2 Å². The maximum atomic E-state index is 12.6. The molecule has 1 saturated carbocycles. The molecule has 0 aromatic carbocycles. The number of aromatic nitrogens is 3. The molecule has 0 unspecified atom stereocenters. The van der Waals surface area contributed by atoms with Crippen LogP contribution in [0.3, 0.4) is 0 Å². The smallest absolute Gasteiger partial charge is 0.245 e. The average molecular weight is 220 g/mol. The van der Waals surface area contributed by atoms with Crippen LogP contribution in [0, 0.1) is 10.2 Å². The topological polar surface area (TPSA) is 59.6 Å². The van der Waals surface area contributed by atoms with Gasteiger partial charge in [0.1, 0.15) is 0 Å². The number of H-pyrrole nitrogens is 1. The highest BCUT2D eigenvalue weighted by Crippen LogP contribution is 2.52. The zero-order chi connectivity index (χ0) is 10.3. The van der Waals surface area contributed by atoms with E-state index in [1.165, 1.54) is 4.57 Å². The number of anilines is 1. The van der Waals surface area contributed by atoms with Gasteiger partial charge in [-0.05, 0) is 25.1 Å². The number of hydrogen-bond donors (Lipinski definition) is 2. The normalized spacial score (nSPS) is 18.8. The van der Waals surface area contributed by atoms with E-state index < -0.39 is 11.8 Å². The fourth-order valence-electron chi connectivity index (χ4n) is 1.40. The Morgan fingerprint density at radius 3 is 2.64 bits per heavy atom. The number of aromatic amines is 1. The lowest BCUT2D eigenvalue weighted by molar-refractivity contribution is 0.0513. The molecular weight excluding hydrogens is 210 g/mol. The molecule has 1 aliphatic rings. The molecule has 0 bridgehead atoms. The molecule has 7 heteroatoms. The van der Waals surface area contributed by atoms with Crippen LogP contribution in [-0.2, 0) is 6.54 Å². The van der Waals surface area contributed by atoms with Crippen LogP contribution in [0.15, 0.2) is 0 Å². The van der Waals surface area contributed by atoms with Crippen molar-refractivity contribution in [1.82, 2.24) is 14.8 Å². The van der Waals surface area contributed by atoms with Crippen LogP contribution in [0.1, 0.15) is 12.8 Å². The van der Waals surface area contributed by atoms with Crippen molar-refractivity contribution in [2.24, 2.45) is 5.41 Å². The maximum Gasteiger partial charge on any atom is 0.245 e. The Hall–Kier alpha value is -0.980. The summed E-state index contributed by atoms with van der Waals surface area (Å²) in [5.74, 6) is 0.168. The summed E-state index contributed by atoms with van der Waals surface area (Å²) in [5.41, 5.74) is 4.57. The van der Waals surface area contributed by atoms with Crippen molar-refractivity contribution in [3.8, 4) is 0 Å². The molecule has 1 aromatic rings. The van der Waals surface area contributed by atoms with Crippen LogP contribution in [0.25, 0.3) is 0 Å².